The average molecular weight is 337 g/mol. The van der Waals surface area contributed by atoms with E-state index in [9.17, 15) is 19.2 Å². The second-order valence-corrected chi connectivity index (χ2v) is 5.00. The molecule has 0 aliphatic carbocycles. The van der Waals surface area contributed by atoms with Crippen molar-refractivity contribution in [3.63, 3.8) is 0 Å². The van der Waals surface area contributed by atoms with Crippen LogP contribution in [-0.4, -0.2) is 57.0 Å². The van der Waals surface area contributed by atoms with E-state index in [1.54, 1.807) is 0 Å². The van der Waals surface area contributed by atoms with Gasteiger partial charge < -0.3 is 20.4 Å². The molecule has 1 aliphatic heterocycles. The van der Waals surface area contributed by atoms with Crippen LogP contribution in [-0.2, 0) is 19.2 Å². The number of carboxylic acid groups (broad SMARTS) is 2. The highest BCUT2D eigenvalue weighted by molar-refractivity contribution is 6.37. The van der Waals surface area contributed by atoms with E-state index in [2.05, 4.69) is 9.97 Å². The number of nitrogens with one attached hydrogen (secondary N) is 2. The van der Waals surface area contributed by atoms with E-state index < -0.39 is 23.8 Å². The van der Waals surface area contributed by atoms with Crippen LogP contribution in [0.15, 0.2) is 6.07 Å². The minimum atomic E-state index is -1.72. The SMILES string of the molecule is O=C(O)C(=O)Nc1cc(N2CCCCC2)nc(NC(=O)C(=O)O)n1. The molecule has 1 fully saturated rings. The third-order valence-corrected chi connectivity index (χ3v) is 3.25. The van der Waals surface area contributed by atoms with Crippen molar-refractivity contribution in [2.75, 3.05) is 28.6 Å². The zero-order valence-electron chi connectivity index (χ0n) is 12.5. The standard InChI is InChI=1S/C13H15N5O6/c19-9(11(21)22)14-7-6-8(18-4-2-1-3-5-18)16-13(15-7)17-10(20)12(23)24/h6H,1-5H2,(H,21,22)(H,23,24)(H2,14,15,16,17,19,20). The van der Waals surface area contributed by atoms with E-state index in [-0.39, 0.29) is 11.8 Å². The van der Waals surface area contributed by atoms with Crippen LogP contribution < -0.4 is 15.5 Å². The number of carbonyl (C=O) groups excluding carboxylic acids is 2. The molecule has 0 spiro atoms. The largest absolute Gasteiger partial charge is 0.474 e. The van der Waals surface area contributed by atoms with E-state index in [0.717, 1.165) is 19.3 Å². The molecule has 2 heterocycles. The van der Waals surface area contributed by atoms with E-state index in [1.165, 1.54) is 6.07 Å². The predicted molar refractivity (Wildman–Crippen MR) is 80.6 cm³/mol. The summed E-state index contributed by atoms with van der Waals surface area (Å²) in [5.74, 6) is -6.23. The minimum Gasteiger partial charge on any atom is -0.474 e. The number of aliphatic carboxylic acids is 2. The third kappa shape index (κ3) is 4.38. The van der Waals surface area contributed by atoms with Crippen molar-refractivity contribution in [1.82, 2.24) is 9.97 Å². The first-order valence-corrected chi connectivity index (χ1v) is 7.09. The maximum atomic E-state index is 11.3. The number of aromatic nitrogens is 2. The van der Waals surface area contributed by atoms with Crippen molar-refractivity contribution < 1.29 is 29.4 Å². The Morgan fingerprint density at radius 1 is 0.917 bits per heavy atom. The van der Waals surface area contributed by atoms with Gasteiger partial charge in [0.1, 0.15) is 11.6 Å². The highest BCUT2D eigenvalue weighted by atomic mass is 16.4. The van der Waals surface area contributed by atoms with Crippen LogP contribution in [0.4, 0.5) is 17.6 Å². The second kappa shape index (κ2) is 7.35. The van der Waals surface area contributed by atoms with Gasteiger partial charge in [-0.3, -0.25) is 14.9 Å². The van der Waals surface area contributed by atoms with Crippen LogP contribution in [0.5, 0.6) is 0 Å². The quantitative estimate of drug-likeness (QED) is 0.533. The first-order valence-electron chi connectivity index (χ1n) is 7.09. The number of carboxylic acids is 2. The van der Waals surface area contributed by atoms with Crippen molar-refractivity contribution in [3.05, 3.63) is 6.07 Å². The molecule has 4 N–H and O–H groups in total. The molecule has 0 unspecified atom stereocenters. The molecule has 11 nitrogen and oxygen atoms in total. The lowest BCUT2D eigenvalue weighted by Crippen LogP contribution is -2.31. The number of piperidine rings is 1. The molecule has 0 radical (unpaired) electrons. The van der Waals surface area contributed by atoms with E-state index in [4.69, 9.17) is 10.2 Å². The van der Waals surface area contributed by atoms with Gasteiger partial charge in [-0.2, -0.15) is 9.97 Å². The Balaban J connectivity index is 2.31. The van der Waals surface area contributed by atoms with Gasteiger partial charge in [-0.15, -0.1) is 0 Å². The maximum absolute atomic E-state index is 11.3. The Labute approximate surface area is 135 Å². The summed E-state index contributed by atoms with van der Waals surface area (Å²) < 4.78 is 0. The number of amides is 2. The fraction of sp³-hybridized carbons (Fsp3) is 0.385. The third-order valence-electron chi connectivity index (χ3n) is 3.25. The molecular weight excluding hydrogens is 322 g/mol. The van der Waals surface area contributed by atoms with E-state index >= 15 is 0 Å². The molecule has 11 heteroatoms. The van der Waals surface area contributed by atoms with Crippen LogP contribution >= 0.6 is 0 Å². The van der Waals surface area contributed by atoms with Gasteiger partial charge in [0.25, 0.3) is 0 Å². The topological polar surface area (TPSA) is 162 Å². The molecule has 2 rings (SSSR count). The summed E-state index contributed by atoms with van der Waals surface area (Å²) in [4.78, 5) is 53.4. The van der Waals surface area contributed by atoms with Crippen LogP contribution in [0.1, 0.15) is 19.3 Å². The number of nitrogens with zero attached hydrogens (tertiary/aromatic N) is 3. The van der Waals surface area contributed by atoms with Crippen molar-refractivity contribution in [2.45, 2.75) is 19.3 Å². The molecule has 1 saturated heterocycles. The lowest BCUT2D eigenvalue weighted by Gasteiger charge is -2.28. The Kier molecular flexibility index (Phi) is 5.24. The van der Waals surface area contributed by atoms with Gasteiger partial charge in [0.15, 0.2) is 0 Å². The van der Waals surface area contributed by atoms with Crippen LogP contribution in [0.3, 0.4) is 0 Å². The molecule has 2 amide bonds. The van der Waals surface area contributed by atoms with Crippen molar-refractivity contribution in [2.24, 2.45) is 0 Å². The minimum absolute atomic E-state index is 0.154. The molecule has 1 aromatic rings. The van der Waals surface area contributed by atoms with Gasteiger partial charge in [-0.1, -0.05) is 0 Å². The van der Waals surface area contributed by atoms with Crippen molar-refractivity contribution in [3.8, 4) is 0 Å². The van der Waals surface area contributed by atoms with Crippen LogP contribution in [0, 0.1) is 0 Å². The molecule has 0 aromatic carbocycles. The first kappa shape index (κ1) is 17.1. The molecule has 0 saturated carbocycles. The highest BCUT2D eigenvalue weighted by Crippen LogP contribution is 2.22. The summed E-state index contributed by atoms with van der Waals surface area (Å²) in [7, 11) is 0. The van der Waals surface area contributed by atoms with Crippen molar-refractivity contribution >= 4 is 41.3 Å². The normalized spacial score (nSPS) is 13.9. The molecule has 24 heavy (non-hydrogen) atoms. The summed E-state index contributed by atoms with van der Waals surface area (Å²) in [6.45, 7) is 1.38. The Hall–Kier alpha value is -3.24. The number of hydrogen-bond donors (Lipinski definition) is 4. The summed E-state index contributed by atoms with van der Waals surface area (Å²) in [5, 5.41) is 21.3. The number of carbonyl (C=O) groups is 4. The summed E-state index contributed by atoms with van der Waals surface area (Å²) in [6, 6.07) is 1.36. The molecular formula is C13H15N5O6. The van der Waals surface area contributed by atoms with Gasteiger partial charge in [0, 0.05) is 19.2 Å². The zero-order chi connectivity index (χ0) is 17.7. The van der Waals surface area contributed by atoms with Gasteiger partial charge in [-0.05, 0) is 19.3 Å². The van der Waals surface area contributed by atoms with Crippen molar-refractivity contribution in [1.29, 1.82) is 0 Å². The zero-order valence-corrected chi connectivity index (χ0v) is 12.5. The lowest BCUT2D eigenvalue weighted by atomic mass is 10.1. The highest BCUT2D eigenvalue weighted by Gasteiger charge is 2.20. The number of rotatable bonds is 3. The fourth-order valence-electron chi connectivity index (χ4n) is 2.16. The van der Waals surface area contributed by atoms with Gasteiger partial charge in [0.05, 0.1) is 0 Å². The Morgan fingerprint density at radius 3 is 2.08 bits per heavy atom. The summed E-state index contributed by atoms with van der Waals surface area (Å²) in [5.41, 5.74) is 0. The Bertz CT molecular complexity index is 639. The van der Waals surface area contributed by atoms with Gasteiger partial charge in [-0.25, -0.2) is 9.59 Å². The van der Waals surface area contributed by atoms with Gasteiger partial charge in [0.2, 0.25) is 5.95 Å². The second-order valence-electron chi connectivity index (χ2n) is 5.00. The Morgan fingerprint density at radius 2 is 1.50 bits per heavy atom. The predicted octanol–water partition coefficient (Wildman–Crippen LogP) is -0.487. The van der Waals surface area contributed by atoms with Crippen LogP contribution in [0.2, 0.25) is 0 Å². The first-order chi connectivity index (χ1) is 11.4. The summed E-state index contributed by atoms with van der Waals surface area (Å²) in [6.07, 6.45) is 2.92. The number of hydrogen-bond acceptors (Lipinski definition) is 7. The fourth-order valence-corrected chi connectivity index (χ4v) is 2.16. The van der Waals surface area contributed by atoms with Gasteiger partial charge >= 0.3 is 23.8 Å². The number of anilines is 3. The molecule has 0 bridgehead atoms. The van der Waals surface area contributed by atoms with Crippen LogP contribution in [0.25, 0.3) is 0 Å². The molecule has 1 aliphatic rings. The maximum Gasteiger partial charge on any atom is 0.394 e. The van der Waals surface area contributed by atoms with E-state index in [0.29, 0.717) is 18.9 Å². The monoisotopic (exact) mass is 337 g/mol. The smallest absolute Gasteiger partial charge is 0.394 e. The molecule has 1 aromatic heterocycles. The molecule has 0 atom stereocenters. The summed E-state index contributed by atoms with van der Waals surface area (Å²) >= 11 is 0. The molecule has 128 valence electrons. The average Bonchev–Trinajstić information content (AvgIpc) is 2.55. The van der Waals surface area contributed by atoms with E-state index in [1.807, 2.05) is 15.5 Å². The lowest BCUT2D eigenvalue weighted by molar-refractivity contribution is -0.147.